The van der Waals surface area contributed by atoms with E-state index in [9.17, 15) is 0 Å². The molecule has 0 atom stereocenters. The number of rotatable bonds is 7. The third kappa shape index (κ3) is 3.56. The molecule has 8 heteroatoms. The summed E-state index contributed by atoms with van der Waals surface area (Å²) in [5.41, 5.74) is 2.85. The molecule has 2 heterocycles. The first-order chi connectivity index (χ1) is 15.1. The number of fused-ring (bicyclic) bond motifs is 1. The van der Waals surface area contributed by atoms with Crippen LogP contribution in [0.25, 0.3) is 33.6 Å². The summed E-state index contributed by atoms with van der Waals surface area (Å²) in [5, 5.41) is 0.723. The third-order valence-corrected chi connectivity index (χ3v) is 4.92. The molecule has 0 radical (unpaired) electrons. The predicted octanol–water partition coefficient (Wildman–Crippen LogP) is 4.60. The summed E-state index contributed by atoms with van der Waals surface area (Å²) in [6.45, 7) is 0. The van der Waals surface area contributed by atoms with Gasteiger partial charge in [0.1, 0.15) is 11.5 Å². The molecule has 0 N–H and O–H groups in total. The number of furan rings is 1. The van der Waals surface area contributed by atoms with Crippen LogP contribution in [0.5, 0.6) is 29.0 Å². The summed E-state index contributed by atoms with van der Waals surface area (Å²) >= 11 is 0. The SMILES string of the molecule is COc1ccc(-c2oc3nc(OC)ncc3c2-c2cc(OC)c(OC)c(OC)c2)cc1. The minimum atomic E-state index is 0.221. The Kier molecular flexibility index (Phi) is 5.53. The van der Waals surface area contributed by atoms with Crippen molar-refractivity contribution >= 4 is 11.1 Å². The van der Waals surface area contributed by atoms with Crippen LogP contribution in [0, 0.1) is 0 Å². The van der Waals surface area contributed by atoms with Crippen molar-refractivity contribution in [2.45, 2.75) is 0 Å². The van der Waals surface area contributed by atoms with Crippen molar-refractivity contribution in [1.29, 1.82) is 0 Å². The Morgan fingerprint density at radius 2 is 1.42 bits per heavy atom. The van der Waals surface area contributed by atoms with Crippen LogP contribution in [0.4, 0.5) is 0 Å². The van der Waals surface area contributed by atoms with Crippen LogP contribution in [-0.4, -0.2) is 45.5 Å². The molecule has 4 rings (SSSR count). The first kappa shape index (κ1) is 20.3. The lowest BCUT2D eigenvalue weighted by Crippen LogP contribution is -1.96. The molecule has 2 aromatic heterocycles. The van der Waals surface area contributed by atoms with E-state index in [1.54, 1.807) is 34.6 Å². The highest BCUT2D eigenvalue weighted by atomic mass is 16.5. The van der Waals surface area contributed by atoms with Gasteiger partial charge in [-0.25, -0.2) is 4.98 Å². The van der Waals surface area contributed by atoms with E-state index in [4.69, 9.17) is 28.1 Å². The number of benzene rings is 2. The predicted molar refractivity (Wildman–Crippen MR) is 115 cm³/mol. The summed E-state index contributed by atoms with van der Waals surface area (Å²) in [4.78, 5) is 8.63. The molecule has 160 valence electrons. The number of methoxy groups -OCH3 is 5. The van der Waals surface area contributed by atoms with Crippen LogP contribution in [0.1, 0.15) is 0 Å². The lowest BCUT2D eigenvalue weighted by molar-refractivity contribution is 0.324. The van der Waals surface area contributed by atoms with E-state index < -0.39 is 0 Å². The van der Waals surface area contributed by atoms with Crippen molar-refractivity contribution in [1.82, 2.24) is 9.97 Å². The second kappa shape index (κ2) is 8.43. The largest absolute Gasteiger partial charge is 0.497 e. The first-order valence-corrected chi connectivity index (χ1v) is 9.41. The summed E-state index contributed by atoms with van der Waals surface area (Å²) in [5.74, 6) is 2.93. The van der Waals surface area contributed by atoms with Crippen LogP contribution < -0.4 is 23.7 Å². The highest BCUT2D eigenvalue weighted by Gasteiger charge is 2.23. The Labute approximate surface area is 179 Å². The van der Waals surface area contributed by atoms with E-state index in [0.29, 0.717) is 28.7 Å². The Hall–Kier alpha value is -3.94. The van der Waals surface area contributed by atoms with E-state index in [-0.39, 0.29) is 6.01 Å². The third-order valence-electron chi connectivity index (χ3n) is 4.92. The fourth-order valence-electron chi connectivity index (χ4n) is 3.43. The Morgan fingerprint density at radius 3 is 1.97 bits per heavy atom. The second-order valence-electron chi connectivity index (χ2n) is 6.52. The molecule has 0 bridgehead atoms. The van der Waals surface area contributed by atoms with Gasteiger partial charge in [0.2, 0.25) is 11.5 Å². The number of aromatic nitrogens is 2. The van der Waals surface area contributed by atoms with Crippen LogP contribution in [-0.2, 0) is 0 Å². The normalized spacial score (nSPS) is 10.7. The van der Waals surface area contributed by atoms with Crippen molar-refractivity contribution in [2.75, 3.05) is 35.5 Å². The zero-order valence-corrected chi connectivity index (χ0v) is 17.9. The maximum Gasteiger partial charge on any atom is 0.319 e. The van der Waals surface area contributed by atoms with Gasteiger partial charge in [0.05, 0.1) is 40.9 Å². The van der Waals surface area contributed by atoms with Gasteiger partial charge in [-0.15, -0.1) is 0 Å². The minimum absolute atomic E-state index is 0.221. The summed E-state index contributed by atoms with van der Waals surface area (Å²) in [6, 6.07) is 11.5. The lowest BCUT2D eigenvalue weighted by atomic mass is 9.99. The smallest absolute Gasteiger partial charge is 0.319 e. The van der Waals surface area contributed by atoms with Crippen molar-refractivity contribution < 1.29 is 28.1 Å². The van der Waals surface area contributed by atoms with Crippen molar-refractivity contribution in [3.05, 3.63) is 42.6 Å². The van der Waals surface area contributed by atoms with Gasteiger partial charge in [-0.05, 0) is 42.0 Å². The Bertz CT molecular complexity index is 1190. The molecule has 0 fully saturated rings. The zero-order chi connectivity index (χ0) is 22.0. The quantitative estimate of drug-likeness (QED) is 0.427. The van der Waals surface area contributed by atoms with Crippen LogP contribution in [0.2, 0.25) is 0 Å². The van der Waals surface area contributed by atoms with E-state index in [2.05, 4.69) is 9.97 Å². The molecule has 0 aliphatic heterocycles. The Morgan fingerprint density at radius 1 is 0.742 bits per heavy atom. The van der Waals surface area contributed by atoms with Gasteiger partial charge in [-0.2, -0.15) is 4.98 Å². The maximum atomic E-state index is 6.17. The van der Waals surface area contributed by atoms with Crippen molar-refractivity contribution in [3.8, 4) is 51.5 Å². The molecule has 0 aliphatic carbocycles. The first-order valence-electron chi connectivity index (χ1n) is 9.41. The summed E-state index contributed by atoms with van der Waals surface area (Å²) < 4.78 is 33.2. The van der Waals surface area contributed by atoms with Gasteiger partial charge in [-0.3, -0.25) is 0 Å². The summed E-state index contributed by atoms with van der Waals surface area (Å²) in [7, 11) is 7.85. The number of nitrogens with zero attached hydrogens (tertiary/aromatic N) is 2. The van der Waals surface area contributed by atoms with Crippen LogP contribution in [0.3, 0.4) is 0 Å². The molecular weight excluding hydrogens is 400 g/mol. The molecule has 0 amide bonds. The molecule has 0 saturated carbocycles. The zero-order valence-electron chi connectivity index (χ0n) is 17.9. The van der Waals surface area contributed by atoms with E-state index in [1.807, 2.05) is 36.4 Å². The minimum Gasteiger partial charge on any atom is -0.497 e. The summed E-state index contributed by atoms with van der Waals surface area (Å²) in [6.07, 6.45) is 1.68. The standard InChI is InChI=1S/C23H22N2O6/c1-26-15-8-6-13(7-9-15)20-19(16-12-24-23(30-5)25-22(16)31-20)14-10-17(27-2)21(29-4)18(11-14)28-3/h6-12H,1-5H3. The van der Waals surface area contributed by atoms with E-state index in [0.717, 1.165) is 27.8 Å². The molecule has 4 aromatic rings. The Balaban J connectivity index is 2.01. The van der Waals surface area contributed by atoms with Gasteiger partial charge in [0.25, 0.3) is 0 Å². The van der Waals surface area contributed by atoms with Gasteiger partial charge >= 0.3 is 6.01 Å². The van der Waals surface area contributed by atoms with Gasteiger partial charge in [-0.1, -0.05) is 0 Å². The fraction of sp³-hybridized carbons (Fsp3) is 0.217. The molecule has 8 nitrogen and oxygen atoms in total. The molecule has 2 aromatic carbocycles. The number of hydrogen-bond donors (Lipinski definition) is 0. The van der Waals surface area contributed by atoms with Crippen LogP contribution >= 0.6 is 0 Å². The number of ether oxygens (including phenoxy) is 5. The number of hydrogen-bond acceptors (Lipinski definition) is 8. The maximum absolute atomic E-state index is 6.17. The second-order valence-corrected chi connectivity index (χ2v) is 6.52. The topological polar surface area (TPSA) is 85.1 Å². The molecule has 31 heavy (non-hydrogen) atoms. The van der Waals surface area contributed by atoms with Gasteiger partial charge < -0.3 is 28.1 Å². The highest BCUT2D eigenvalue weighted by Crippen LogP contribution is 2.46. The monoisotopic (exact) mass is 422 g/mol. The molecule has 0 saturated heterocycles. The van der Waals surface area contributed by atoms with Crippen molar-refractivity contribution in [3.63, 3.8) is 0 Å². The molecular formula is C23H22N2O6. The lowest BCUT2D eigenvalue weighted by Gasteiger charge is -2.14. The van der Waals surface area contributed by atoms with Gasteiger partial charge in [0, 0.05) is 17.3 Å². The van der Waals surface area contributed by atoms with Gasteiger partial charge in [0.15, 0.2) is 11.5 Å². The van der Waals surface area contributed by atoms with E-state index in [1.165, 1.54) is 7.11 Å². The average molecular weight is 422 g/mol. The van der Waals surface area contributed by atoms with Crippen LogP contribution in [0.15, 0.2) is 47.0 Å². The fourth-order valence-corrected chi connectivity index (χ4v) is 3.43. The van der Waals surface area contributed by atoms with Crippen molar-refractivity contribution in [2.24, 2.45) is 0 Å². The molecule has 0 unspecified atom stereocenters. The van der Waals surface area contributed by atoms with E-state index >= 15 is 0 Å². The molecule has 0 spiro atoms. The molecule has 0 aliphatic rings. The highest BCUT2D eigenvalue weighted by molar-refractivity contribution is 6.00. The average Bonchev–Trinajstić information content (AvgIpc) is 3.21.